The number of benzene rings is 5. The Morgan fingerprint density at radius 1 is 0.486 bits per heavy atom. The normalized spacial score (nSPS) is 11.7. The van der Waals surface area contributed by atoms with Crippen LogP contribution in [0.25, 0.3) is 71.7 Å². The lowest BCUT2D eigenvalue weighted by Crippen LogP contribution is -1.87. The molecular formula is C33H22O2. The van der Waals surface area contributed by atoms with E-state index in [9.17, 15) is 0 Å². The Morgan fingerprint density at radius 2 is 0.943 bits per heavy atom. The van der Waals surface area contributed by atoms with Gasteiger partial charge in [-0.25, -0.2) is 0 Å². The van der Waals surface area contributed by atoms with Crippen molar-refractivity contribution in [2.45, 2.75) is 6.92 Å². The summed E-state index contributed by atoms with van der Waals surface area (Å²) in [4.78, 5) is 0. The number of rotatable bonds is 3. The van der Waals surface area contributed by atoms with Gasteiger partial charge in [0.05, 0.1) is 0 Å². The standard InChI is InChI=1S/C33H22O2/c1-20(2)23-15-24(21-11-13-32-28(18-21)26-7-3-5-9-30(26)34-32)17-25(16-23)22-12-14-33-29(19-22)27-8-4-6-10-31(27)35-33/h3-19H,1H2,2H3. The molecule has 0 N–H and O–H groups in total. The quantitative estimate of drug-likeness (QED) is 0.268. The topological polar surface area (TPSA) is 26.3 Å². The van der Waals surface area contributed by atoms with E-state index < -0.39 is 0 Å². The van der Waals surface area contributed by atoms with Crippen LogP contribution >= 0.6 is 0 Å². The Morgan fingerprint density at radius 3 is 1.43 bits per heavy atom. The molecule has 0 aliphatic rings. The maximum atomic E-state index is 6.04. The van der Waals surface area contributed by atoms with Gasteiger partial charge in [0.15, 0.2) is 0 Å². The van der Waals surface area contributed by atoms with Crippen LogP contribution in [0.2, 0.25) is 0 Å². The second-order valence-electron chi connectivity index (χ2n) is 9.20. The molecule has 7 rings (SSSR count). The van der Waals surface area contributed by atoms with Crippen molar-refractivity contribution in [3.8, 4) is 22.3 Å². The van der Waals surface area contributed by atoms with E-state index in [0.29, 0.717) is 0 Å². The highest BCUT2D eigenvalue weighted by atomic mass is 16.3. The van der Waals surface area contributed by atoms with Crippen molar-refractivity contribution < 1.29 is 8.83 Å². The van der Waals surface area contributed by atoms with Crippen LogP contribution in [0.15, 0.2) is 119 Å². The first-order chi connectivity index (χ1) is 17.1. The van der Waals surface area contributed by atoms with Gasteiger partial charge in [-0.05, 0) is 89.3 Å². The monoisotopic (exact) mass is 450 g/mol. The first-order valence-electron chi connectivity index (χ1n) is 11.8. The third-order valence-corrected chi connectivity index (χ3v) is 6.85. The fraction of sp³-hybridized carbons (Fsp3) is 0.0303. The second kappa shape index (κ2) is 7.48. The zero-order valence-electron chi connectivity index (χ0n) is 19.3. The molecule has 0 amide bonds. The molecule has 2 heteroatoms. The van der Waals surface area contributed by atoms with Gasteiger partial charge in [-0.3, -0.25) is 0 Å². The summed E-state index contributed by atoms with van der Waals surface area (Å²) >= 11 is 0. The predicted molar refractivity (Wildman–Crippen MR) is 147 cm³/mol. The van der Waals surface area contributed by atoms with Crippen molar-refractivity contribution >= 4 is 49.5 Å². The molecule has 2 aromatic heterocycles. The molecule has 166 valence electrons. The minimum atomic E-state index is 0.906. The van der Waals surface area contributed by atoms with Gasteiger partial charge in [0.2, 0.25) is 0 Å². The van der Waals surface area contributed by atoms with Crippen LogP contribution in [0, 0.1) is 0 Å². The predicted octanol–water partition coefficient (Wildman–Crippen LogP) is 9.85. The highest BCUT2D eigenvalue weighted by molar-refractivity contribution is 6.07. The van der Waals surface area contributed by atoms with Crippen LogP contribution in [0.1, 0.15) is 12.5 Å². The van der Waals surface area contributed by atoms with E-state index in [1.54, 1.807) is 0 Å². The van der Waals surface area contributed by atoms with Gasteiger partial charge in [0.25, 0.3) is 0 Å². The molecule has 0 saturated heterocycles. The molecule has 2 heterocycles. The number of allylic oxidation sites excluding steroid dienone is 1. The van der Waals surface area contributed by atoms with Crippen molar-refractivity contribution in [2.75, 3.05) is 0 Å². The maximum Gasteiger partial charge on any atom is 0.135 e. The first-order valence-corrected chi connectivity index (χ1v) is 11.8. The zero-order chi connectivity index (χ0) is 23.5. The lowest BCUT2D eigenvalue weighted by Gasteiger charge is -2.11. The second-order valence-corrected chi connectivity index (χ2v) is 9.20. The van der Waals surface area contributed by atoms with E-state index in [1.165, 1.54) is 0 Å². The summed E-state index contributed by atoms with van der Waals surface area (Å²) in [6, 6.07) is 36.0. The van der Waals surface area contributed by atoms with Gasteiger partial charge in [-0.1, -0.05) is 60.7 Å². The molecule has 2 nitrogen and oxygen atoms in total. The van der Waals surface area contributed by atoms with E-state index in [-0.39, 0.29) is 0 Å². The zero-order valence-corrected chi connectivity index (χ0v) is 19.3. The highest BCUT2D eigenvalue weighted by Gasteiger charge is 2.12. The van der Waals surface area contributed by atoms with Crippen molar-refractivity contribution in [3.05, 3.63) is 115 Å². The van der Waals surface area contributed by atoms with Gasteiger partial charge < -0.3 is 8.83 Å². The Balaban J connectivity index is 1.43. The summed E-state index contributed by atoms with van der Waals surface area (Å²) in [7, 11) is 0. The maximum absolute atomic E-state index is 6.04. The third kappa shape index (κ3) is 3.18. The summed E-state index contributed by atoms with van der Waals surface area (Å²) in [5.74, 6) is 0. The first kappa shape index (κ1) is 19.9. The lowest BCUT2D eigenvalue weighted by atomic mass is 9.93. The van der Waals surface area contributed by atoms with Crippen LogP contribution in [0.5, 0.6) is 0 Å². The molecule has 0 unspecified atom stereocenters. The molecule has 0 aliphatic carbocycles. The van der Waals surface area contributed by atoms with E-state index in [0.717, 1.165) is 77.3 Å². The average molecular weight is 451 g/mol. The van der Waals surface area contributed by atoms with Crippen LogP contribution in [-0.4, -0.2) is 0 Å². The van der Waals surface area contributed by atoms with Crippen molar-refractivity contribution in [1.29, 1.82) is 0 Å². The molecule has 0 fully saturated rings. The van der Waals surface area contributed by atoms with Crippen molar-refractivity contribution in [3.63, 3.8) is 0 Å². The van der Waals surface area contributed by atoms with Gasteiger partial charge in [0, 0.05) is 21.5 Å². The molecular weight excluding hydrogens is 428 g/mol. The fourth-order valence-electron chi connectivity index (χ4n) is 5.02. The summed E-state index contributed by atoms with van der Waals surface area (Å²) in [6.45, 7) is 6.29. The van der Waals surface area contributed by atoms with E-state index in [4.69, 9.17) is 8.83 Å². The molecule has 7 aromatic rings. The molecule has 0 atom stereocenters. The number of hydrogen-bond donors (Lipinski definition) is 0. The smallest absolute Gasteiger partial charge is 0.135 e. The summed E-state index contributed by atoms with van der Waals surface area (Å²) in [5, 5.41) is 4.54. The summed E-state index contributed by atoms with van der Waals surface area (Å²) in [5.41, 5.74) is 10.4. The van der Waals surface area contributed by atoms with Crippen LogP contribution in [0.3, 0.4) is 0 Å². The summed E-state index contributed by atoms with van der Waals surface area (Å²) in [6.07, 6.45) is 0. The minimum Gasteiger partial charge on any atom is -0.456 e. The highest BCUT2D eigenvalue weighted by Crippen LogP contribution is 2.37. The molecule has 0 radical (unpaired) electrons. The molecule has 35 heavy (non-hydrogen) atoms. The van der Waals surface area contributed by atoms with E-state index in [1.807, 2.05) is 24.3 Å². The minimum absolute atomic E-state index is 0.906. The molecule has 0 spiro atoms. The Hall–Kier alpha value is -4.56. The Kier molecular flexibility index (Phi) is 4.24. The van der Waals surface area contributed by atoms with E-state index in [2.05, 4.69) is 92.4 Å². The van der Waals surface area contributed by atoms with Crippen molar-refractivity contribution in [1.82, 2.24) is 0 Å². The van der Waals surface area contributed by atoms with Gasteiger partial charge in [0.1, 0.15) is 22.3 Å². The molecule has 0 saturated carbocycles. The Bertz CT molecular complexity index is 1800. The van der Waals surface area contributed by atoms with E-state index >= 15 is 0 Å². The number of para-hydroxylation sites is 2. The molecule has 0 bridgehead atoms. The lowest BCUT2D eigenvalue weighted by molar-refractivity contribution is 0.668. The summed E-state index contributed by atoms with van der Waals surface area (Å²) < 4.78 is 12.1. The fourth-order valence-corrected chi connectivity index (χ4v) is 5.02. The van der Waals surface area contributed by atoms with Gasteiger partial charge in [-0.2, -0.15) is 0 Å². The number of furan rings is 2. The van der Waals surface area contributed by atoms with Gasteiger partial charge in [-0.15, -0.1) is 0 Å². The molecule has 0 aliphatic heterocycles. The number of hydrogen-bond acceptors (Lipinski definition) is 2. The average Bonchev–Trinajstić information content (AvgIpc) is 3.45. The SMILES string of the molecule is C=C(C)c1cc(-c2ccc3oc4ccccc4c3c2)cc(-c2ccc3oc4ccccc4c3c2)c1. The van der Waals surface area contributed by atoms with Gasteiger partial charge >= 0.3 is 0 Å². The largest absolute Gasteiger partial charge is 0.456 e. The van der Waals surface area contributed by atoms with Crippen LogP contribution < -0.4 is 0 Å². The van der Waals surface area contributed by atoms with Crippen LogP contribution in [-0.2, 0) is 0 Å². The molecule has 5 aromatic carbocycles. The van der Waals surface area contributed by atoms with Crippen LogP contribution in [0.4, 0.5) is 0 Å². The Labute approximate surface area is 202 Å². The number of fused-ring (bicyclic) bond motifs is 6. The van der Waals surface area contributed by atoms with Crippen molar-refractivity contribution in [2.24, 2.45) is 0 Å². The third-order valence-electron chi connectivity index (χ3n) is 6.85.